The quantitative estimate of drug-likeness (QED) is 0.535. The fourth-order valence-electron chi connectivity index (χ4n) is 2.48. The van der Waals surface area contributed by atoms with Crippen LogP contribution in [-0.2, 0) is 4.74 Å². The van der Waals surface area contributed by atoms with Crippen LogP contribution < -0.4 is 9.47 Å². The fourth-order valence-corrected chi connectivity index (χ4v) is 2.48. The van der Waals surface area contributed by atoms with E-state index in [4.69, 9.17) is 14.2 Å². The molecule has 0 aliphatic rings. The lowest BCUT2D eigenvalue weighted by atomic mass is 10.1. The molecule has 0 aliphatic carbocycles. The van der Waals surface area contributed by atoms with Crippen molar-refractivity contribution in [2.24, 2.45) is 0 Å². The Morgan fingerprint density at radius 2 is 1.52 bits per heavy atom. The Morgan fingerprint density at radius 1 is 0.800 bits per heavy atom. The van der Waals surface area contributed by atoms with Gasteiger partial charge >= 0.3 is 11.9 Å². The molecule has 3 aromatic carbocycles. The van der Waals surface area contributed by atoms with E-state index in [0.717, 1.165) is 10.8 Å². The Balaban J connectivity index is 2.01. The minimum atomic E-state index is -0.584. The molecule has 0 bridgehead atoms. The third-order valence-corrected chi connectivity index (χ3v) is 3.76. The fraction of sp³-hybridized carbons (Fsp3) is 0.100. The van der Waals surface area contributed by atoms with Gasteiger partial charge in [-0.2, -0.15) is 0 Å². The van der Waals surface area contributed by atoms with Crippen LogP contribution in [0.4, 0.5) is 0 Å². The Hall–Kier alpha value is -3.34. The largest absolute Gasteiger partial charge is 0.497 e. The molecule has 0 saturated carbocycles. The van der Waals surface area contributed by atoms with Gasteiger partial charge in [-0.15, -0.1) is 0 Å². The number of hydrogen-bond donors (Lipinski definition) is 0. The van der Waals surface area contributed by atoms with Gasteiger partial charge in [-0.25, -0.2) is 9.59 Å². The molecule has 0 fully saturated rings. The summed E-state index contributed by atoms with van der Waals surface area (Å²) in [6, 6.07) is 17.4. The molecule has 3 rings (SSSR count). The van der Waals surface area contributed by atoms with Gasteiger partial charge in [0.1, 0.15) is 17.1 Å². The molecular weight excluding hydrogens is 320 g/mol. The van der Waals surface area contributed by atoms with Crippen LogP contribution in [0.3, 0.4) is 0 Å². The summed E-state index contributed by atoms with van der Waals surface area (Å²) in [6.07, 6.45) is 0. The Kier molecular flexibility index (Phi) is 4.66. The van der Waals surface area contributed by atoms with E-state index in [-0.39, 0.29) is 11.3 Å². The van der Waals surface area contributed by atoms with Crippen molar-refractivity contribution in [1.29, 1.82) is 0 Å². The topological polar surface area (TPSA) is 61.8 Å². The van der Waals surface area contributed by atoms with Crippen molar-refractivity contribution in [1.82, 2.24) is 0 Å². The molecule has 0 N–H and O–H groups in total. The zero-order chi connectivity index (χ0) is 17.8. The van der Waals surface area contributed by atoms with Crippen molar-refractivity contribution >= 4 is 22.7 Å². The highest BCUT2D eigenvalue weighted by Crippen LogP contribution is 2.28. The van der Waals surface area contributed by atoms with Crippen LogP contribution in [0.5, 0.6) is 11.5 Å². The van der Waals surface area contributed by atoms with Crippen molar-refractivity contribution < 1.29 is 23.8 Å². The Bertz CT molecular complexity index is 946. The van der Waals surface area contributed by atoms with Crippen LogP contribution in [-0.4, -0.2) is 26.2 Å². The van der Waals surface area contributed by atoms with E-state index in [1.807, 2.05) is 24.3 Å². The number of methoxy groups -OCH3 is 2. The number of esters is 2. The highest BCUT2D eigenvalue weighted by Gasteiger charge is 2.18. The van der Waals surface area contributed by atoms with E-state index < -0.39 is 11.9 Å². The molecule has 0 amide bonds. The van der Waals surface area contributed by atoms with Gasteiger partial charge < -0.3 is 14.2 Å². The molecule has 5 heteroatoms. The first-order chi connectivity index (χ1) is 12.1. The summed E-state index contributed by atoms with van der Waals surface area (Å²) < 4.78 is 15.4. The van der Waals surface area contributed by atoms with Gasteiger partial charge in [0.05, 0.1) is 19.8 Å². The maximum Gasteiger partial charge on any atom is 0.343 e. The second-order valence-corrected chi connectivity index (χ2v) is 5.31. The van der Waals surface area contributed by atoms with Crippen LogP contribution in [0.25, 0.3) is 10.8 Å². The Morgan fingerprint density at radius 3 is 2.20 bits per heavy atom. The molecule has 0 aliphatic heterocycles. The molecule has 0 aromatic heterocycles. The van der Waals surface area contributed by atoms with Gasteiger partial charge in [0, 0.05) is 0 Å². The van der Waals surface area contributed by atoms with Crippen molar-refractivity contribution in [2.75, 3.05) is 14.2 Å². The number of carbonyl (C=O) groups is 2. The van der Waals surface area contributed by atoms with Crippen LogP contribution in [0.1, 0.15) is 20.7 Å². The first kappa shape index (κ1) is 16.5. The van der Waals surface area contributed by atoms with E-state index in [9.17, 15) is 9.59 Å². The van der Waals surface area contributed by atoms with E-state index >= 15 is 0 Å². The van der Waals surface area contributed by atoms with E-state index in [1.54, 1.807) is 36.4 Å². The molecule has 0 heterocycles. The smallest absolute Gasteiger partial charge is 0.343 e. The van der Waals surface area contributed by atoms with Gasteiger partial charge in [0.25, 0.3) is 0 Å². The maximum absolute atomic E-state index is 12.5. The summed E-state index contributed by atoms with van der Waals surface area (Å²) in [5.41, 5.74) is 0.515. The van der Waals surface area contributed by atoms with Crippen molar-refractivity contribution in [3.63, 3.8) is 0 Å². The highest BCUT2D eigenvalue weighted by molar-refractivity contribution is 6.00. The third-order valence-electron chi connectivity index (χ3n) is 3.76. The Labute approximate surface area is 144 Å². The van der Waals surface area contributed by atoms with Crippen LogP contribution in [0.15, 0.2) is 60.7 Å². The van der Waals surface area contributed by atoms with Gasteiger partial charge in [-0.05, 0) is 41.1 Å². The first-order valence-electron chi connectivity index (χ1n) is 7.59. The summed E-state index contributed by atoms with van der Waals surface area (Å²) in [4.78, 5) is 24.5. The summed E-state index contributed by atoms with van der Waals surface area (Å²) in [5.74, 6) is -0.460. The zero-order valence-corrected chi connectivity index (χ0v) is 13.8. The van der Waals surface area contributed by atoms with Gasteiger partial charge in [-0.3, -0.25) is 0 Å². The molecule has 126 valence electrons. The molecule has 0 spiro atoms. The van der Waals surface area contributed by atoms with Crippen molar-refractivity contribution in [3.8, 4) is 11.5 Å². The molecule has 25 heavy (non-hydrogen) atoms. The highest BCUT2D eigenvalue weighted by atomic mass is 16.5. The average Bonchev–Trinajstić information content (AvgIpc) is 2.66. The predicted molar refractivity (Wildman–Crippen MR) is 93.2 cm³/mol. The summed E-state index contributed by atoms with van der Waals surface area (Å²) in [5, 5.41) is 1.70. The normalized spacial score (nSPS) is 10.3. The number of ether oxygens (including phenoxy) is 3. The molecule has 0 unspecified atom stereocenters. The summed E-state index contributed by atoms with van der Waals surface area (Å²) in [7, 11) is 2.80. The summed E-state index contributed by atoms with van der Waals surface area (Å²) in [6.45, 7) is 0. The minimum absolute atomic E-state index is 0.151. The zero-order valence-electron chi connectivity index (χ0n) is 13.8. The lowest BCUT2D eigenvalue weighted by Gasteiger charge is -2.11. The SMILES string of the molecule is COC(=O)c1cc2ccccc2cc1OC(=O)c1cccc(OC)c1. The van der Waals surface area contributed by atoms with Crippen LogP contribution in [0.2, 0.25) is 0 Å². The van der Waals surface area contributed by atoms with Crippen molar-refractivity contribution in [3.05, 3.63) is 71.8 Å². The number of fused-ring (bicyclic) bond motifs is 1. The van der Waals surface area contributed by atoms with E-state index in [2.05, 4.69) is 0 Å². The van der Waals surface area contributed by atoms with Gasteiger partial charge in [0.15, 0.2) is 0 Å². The molecule has 0 atom stereocenters. The molecule has 5 nitrogen and oxygen atoms in total. The lowest BCUT2D eigenvalue weighted by molar-refractivity contribution is 0.0593. The number of hydrogen-bond acceptors (Lipinski definition) is 5. The van der Waals surface area contributed by atoms with Gasteiger partial charge in [0.2, 0.25) is 0 Å². The van der Waals surface area contributed by atoms with E-state index in [1.165, 1.54) is 14.2 Å². The second kappa shape index (κ2) is 7.05. The lowest BCUT2D eigenvalue weighted by Crippen LogP contribution is -2.12. The molecule has 0 radical (unpaired) electrons. The predicted octanol–water partition coefficient (Wildman–Crippen LogP) is 3.85. The molecule has 0 saturated heterocycles. The van der Waals surface area contributed by atoms with Crippen LogP contribution in [0, 0.1) is 0 Å². The maximum atomic E-state index is 12.5. The molecular formula is C20H16O5. The third kappa shape index (κ3) is 3.45. The molecule has 3 aromatic rings. The summed E-state index contributed by atoms with van der Waals surface area (Å²) >= 11 is 0. The first-order valence-corrected chi connectivity index (χ1v) is 7.59. The number of benzene rings is 3. The monoisotopic (exact) mass is 336 g/mol. The minimum Gasteiger partial charge on any atom is -0.497 e. The standard InChI is InChI=1S/C20H16O5/c1-23-16-9-5-8-15(10-16)19(21)25-18-12-14-7-4-3-6-13(14)11-17(18)20(22)24-2/h3-12H,1-2H3. The van der Waals surface area contributed by atoms with Crippen LogP contribution >= 0.6 is 0 Å². The average molecular weight is 336 g/mol. The van der Waals surface area contributed by atoms with Gasteiger partial charge in [-0.1, -0.05) is 30.3 Å². The van der Waals surface area contributed by atoms with E-state index in [0.29, 0.717) is 11.3 Å². The number of carbonyl (C=O) groups excluding carboxylic acids is 2. The second-order valence-electron chi connectivity index (χ2n) is 5.31. The number of rotatable bonds is 4. The van der Waals surface area contributed by atoms with Crippen molar-refractivity contribution in [2.45, 2.75) is 0 Å².